The number of aryl methyl sites for hydroxylation is 1. The summed E-state index contributed by atoms with van der Waals surface area (Å²) in [4.78, 5) is 28.6. The lowest BCUT2D eigenvalue weighted by Gasteiger charge is -2.36. The summed E-state index contributed by atoms with van der Waals surface area (Å²) in [5, 5.41) is 2.72. The lowest BCUT2D eigenvalue weighted by Crippen LogP contribution is -2.51. The van der Waals surface area contributed by atoms with Gasteiger partial charge in [0.05, 0.1) is 13.7 Å². The predicted octanol–water partition coefficient (Wildman–Crippen LogP) is 2.08. The number of nitrogens with one attached hydrogen (secondary N) is 1. The molecule has 0 saturated carbocycles. The highest BCUT2D eigenvalue weighted by atomic mass is 16.5. The van der Waals surface area contributed by atoms with Crippen molar-refractivity contribution in [2.45, 2.75) is 6.92 Å². The van der Waals surface area contributed by atoms with Crippen molar-refractivity contribution in [3.63, 3.8) is 0 Å². The number of rotatable bonds is 5. The van der Waals surface area contributed by atoms with Crippen LogP contribution in [0.1, 0.15) is 15.9 Å². The van der Waals surface area contributed by atoms with E-state index in [1.54, 1.807) is 18.1 Å². The summed E-state index contributed by atoms with van der Waals surface area (Å²) >= 11 is 0. The Labute approximate surface area is 159 Å². The maximum absolute atomic E-state index is 12.4. The number of hydrogen-bond acceptors (Lipinski definition) is 4. The van der Waals surface area contributed by atoms with Crippen LogP contribution < -0.4 is 15.0 Å². The summed E-state index contributed by atoms with van der Waals surface area (Å²) in [5.41, 5.74) is 2.71. The molecule has 2 aromatic carbocycles. The Morgan fingerprint density at radius 1 is 1.04 bits per heavy atom. The second kappa shape index (κ2) is 8.58. The molecule has 0 radical (unpaired) electrons. The van der Waals surface area contributed by atoms with Crippen molar-refractivity contribution in [2.75, 3.05) is 44.7 Å². The van der Waals surface area contributed by atoms with Crippen LogP contribution in [0.15, 0.2) is 48.5 Å². The molecule has 0 unspecified atom stereocenters. The van der Waals surface area contributed by atoms with Crippen molar-refractivity contribution in [1.82, 2.24) is 10.2 Å². The van der Waals surface area contributed by atoms with Crippen LogP contribution in [0.3, 0.4) is 0 Å². The van der Waals surface area contributed by atoms with Gasteiger partial charge in [-0.05, 0) is 43.3 Å². The summed E-state index contributed by atoms with van der Waals surface area (Å²) in [6.45, 7) is 4.78. The number of carbonyl (C=O) groups is 2. The van der Waals surface area contributed by atoms with E-state index in [0.717, 1.165) is 30.1 Å². The second-order valence-electron chi connectivity index (χ2n) is 6.62. The number of benzene rings is 2. The molecule has 27 heavy (non-hydrogen) atoms. The first-order chi connectivity index (χ1) is 13.1. The fourth-order valence-corrected chi connectivity index (χ4v) is 3.16. The van der Waals surface area contributed by atoms with E-state index in [2.05, 4.69) is 10.2 Å². The Balaban J connectivity index is 1.47. The van der Waals surface area contributed by atoms with Crippen LogP contribution in [-0.4, -0.2) is 56.5 Å². The van der Waals surface area contributed by atoms with Gasteiger partial charge in [0.2, 0.25) is 5.91 Å². The highest BCUT2D eigenvalue weighted by molar-refractivity contribution is 5.96. The summed E-state index contributed by atoms with van der Waals surface area (Å²) in [6, 6.07) is 15.3. The Kier molecular flexibility index (Phi) is 5.96. The van der Waals surface area contributed by atoms with Crippen LogP contribution in [0.25, 0.3) is 0 Å². The third-order valence-electron chi connectivity index (χ3n) is 4.75. The Morgan fingerprint density at radius 2 is 1.74 bits per heavy atom. The lowest BCUT2D eigenvalue weighted by atomic mass is 10.1. The van der Waals surface area contributed by atoms with Gasteiger partial charge in [0, 0.05) is 37.4 Å². The summed E-state index contributed by atoms with van der Waals surface area (Å²) < 4.78 is 5.18. The quantitative estimate of drug-likeness (QED) is 0.879. The normalized spacial score (nSPS) is 14.0. The van der Waals surface area contributed by atoms with Gasteiger partial charge >= 0.3 is 0 Å². The fraction of sp³-hybridized carbons (Fsp3) is 0.333. The van der Waals surface area contributed by atoms with E-state index in [0.29, 0.717) is 18.7 Å². The van der Waals surface area contributed by atoms with Gasteiger partial charge in [0.1, 0.15) is 5.75 Å². The number of hydrogen-bond donors (Lipinski definition) is 1. The highest BCUT2D eigenvalue weighted by Crippen LogP contribution is 2.20. The SMILES string of the molecule is COc1ccc(N2CCN(C(=O)CNC(=O)c3cccc(C)c3)CC2)cc1. The molecular weight excluding hydrogens is 342 g/mol. The molecule has 3 rings (SSSR count). The monoisotopic (exact) mass is 367 g/mol. The fourth-order valence-electron chi connectivity index (χ4n) is 3.16. The van der Waals surface area contributed by atoms with Crippen molar-refractivity contribution in [3.05, 3.63) is 59.7 Å². The van der Waals surface area contributed by atoms with Gasteiger partial charge < -0.3 is 19.9 Å². The number of anilines is 1. The Hall–Kier alpha value is -3.02. The lowest BCUT2D eigenvalue weighted by molar-refractivity contribution is -0.130. The second-order valence-corrected chi connectivity index (χ2v) is 6.62. The van der Waals surface area contributed by atoms with E-state index < -0.39 is 0 Å². The van der Waals surface area contributed by atoms with Crippen LogP contribution in [0, 0.1) is 6.92 Å². The average Bonchev–Trinajstić information content (AvgIpc) is 2.72. The smallest absolute Gasteiger partial charge is 0.251 e. The molecule has 142 valence electrons. The summed E-state index contributed by atoms with van der Waals surface area (Å²) in [7, 11) is 1.65. The van der Waals surface area contributed by atoms with E-state index in [-0.39, 0.29) is 18.4 Å². The zero-order chi connectivity index (χ0) is 19.2. The minimum atomic E-state index is -0.219. The van der Waals surface area contributed by atoms with Crippen molar-refractivity contribution < 1.29 is 14.3 Å². The van der Waals surface area contributed by atoms with Gasteiger partial charge in [-0.1, -0.05) is 17.7 Å². The molecule has 0 aromatic heterocycles. The maximum atomic E-state index is 12.4. The zero-order valence-electron chi connectivity index (χ0n) is 15.8. The Bertz CT molecular complexity index is 797. The van der Waals surface area contributed by atoms with Gasteiger partial charge in [-0.15, -0.1) is 0 Å². The molecule has 2 amide bonds. The number of piperazine rings is 1. The number of methoxy groups -OCH3 is 1. The van der Waals surface area contributed by atoms with Crippen LogP contribution in [0.2, 0.25) is 0 Å². The van der Waals surface area contributed by atoms with Crippen LogP contribution in [0.4, 0.5) is 5.69 Å². The van der Waals surface area contributed by atoms with Gasteiger partial charge in [-0.25, -0.2) is 0 Å². The number of carbonyl (C=O) groups excluding carboxylic acids is 2. The molecule has 1 N–H and O–H groups in total. The van der Waals surface area contributed by atoms with E-state index >= 15 is 0 Å². The number of amides is 2. The zero-order valence-corrected chi connectivity index (χ0v) is 15.8. The third kappa shape index (κ3) is 4.78. The molecule has 1 fully saturated rings. The minimum Gasteiger partial charge on any atom is -0.497 e. The first kappa shape index (κ1) is 18.8. The average molecular weight is 367 g/mol. The van der Waals surface area contributed by atoms with E-state index in [4.69, 9.17) is 4.74 Å². The predicted molar refractivity (Wildman–Crippen MR) is 105 cm³/mol. The molecule has 0 aliphatic carbocycles. The van der Waals surface area contributed by atoms with Gasteiger partial charge in [-0.3, -0.25) is 9.59 Å². The largest absolute Gasteiger partial charge is 0.497 e. The summed E-state index contributed by atoms with van der Waals surface area (Å²) in [6.07, 6.45) is 0. The molecule has 1 aliphatic heterocycles. The maximum Gasteiger partial charge on any atom is 0.251 e. The number of nitrogens with zero attached hydrogens (tertiary/aromatic N) is 2. The molecule has 0 spiro atoms. The van der Waals surface area contributed by atoms with Crippen molar-refractivity contribution >= 4 is 17.5 Å². The summed E-state index contributed by atoms with van der Waals surface area (Å²) in [5.74, 6) is 0.561. The van der Waals surface area contributed by atoms with Crippen molar-refractivity contribution in [1.29, 1.82) is 0 Å². The Morgan fingerprint density at radius 3 is 2.37 bits per heavy atom. The molecule has 2 aromatic rings. The van der Waals surface area contributed by atoms with Crippen molar-refractivity contribution in [2.24, 2.45) is 0 Å². The molecule has 1 heterocycles. The molecule has 6 heteroatoms. The van der Waals surface area contributed by atoms with E-state index in [1.165, 1.54) is 0 Å². The van der Waals surface area contributed by atoms with Crippen LogP contribution in [0.5, 0.6) is 5.75 Å². The molecule has 0 bridgehead atoms. The molecule has 1 aliphatic rings. The minimum absolute atomic E-state index is 0.0231. The van der Waals surface area contributed by atoms with Crippen LogP contribution >= 0.6 is 0 Å². The molecule has 6 nitrogen and oxygen atoms in total. The van der Waals surface area contributed by atoms with Gasteiger partial charge in [0.15, 0.2) is 0 Å². The van der Waals surface area contributed by atoms with Gasteiger partial charge in [0.25, 0.3) is 5.91 Å². The first-order valence-electron chi connectivity index (χ1n) is 9.08. The first-order valence-corrected chi connectivity index (χ1v) is 9.08. The van der Waals surface area contributed by atoms with Crippen LogP contribution in [-0.2, 0) is 4.79 Å². The van der Waals surface area contributed by atoms with E-state index in [9.17, 15) is 9.59 Å². The third-order valence-corrected chi connectivity index (χ3v) is 4.75. The number of ether oxygens (including phenoxy) is 1. The highest BCUT2D eigenvalue weighted by Gasteiger charge is 2.21. The topological polar surface area (TPSA) is 61.9 Å². The molecule has 0 atom stereocenters. The molecular formula is C21H25N3O3. The molecule has 1 saturated heterocycles. The standard InChI is InChI=1S/C21H25N3O3/c1-16-4-3-5-17(14-16)21(26)22-15-20(25)24-12-10-23(11-13-24)18-6-8-19(27-2)9-7-18/h3-9,14H,10-13,15H2,1-2H3,(H,22,26). The van der Waals surface area contributed by atoms with Crippen molar-refractivity contribution in [3.8, 4) is 5.75 Å². The van der Waals surface area contributed by atoms with E-state index in [1.807, 2.05) is 49.4 Å². The van der Waals surface area contributed by atoms with Gasteiger partial charge in [-0.2, -0.15) is 0 Å².